The number of primary amides is 1. The van der Waals surface area contributed by atoms with Crippen molar-refractivity contribution in [3.63, 3.8) is 0 Å². The Bertz CT molecular complexity index is 446. The summed E-state index contributed by atoms with van der Waals surface area (Å²) >= 11 is 0. The van der Waals surface area contributed by atoms with Crippen LogP contribution < -0.4 is 5.73 Å². The Labute approximate surface area is 117 Å². The van der Waals surface area contributed by atoms with E-state index in [1.807, 2.05) is 12.2 Å². The molecule has 6 nitrogen and oxygen atoms in total. The highest BCUT2D eigenvalue weighted by atomic mass is 16.4. The molecule has 110 valence electrons. The van der Waals surface area contributed by atoms with Crippen molar-refractivity contribution in [1.29, 1.82) is 0 Å². The molecule has 2 amide bonds. The lowest BCUT2D eigenvalue weighted by atomic mass is 9.81. The van der Waals surface area contributed by atoms with E-state index in [4.69, 9.17) is 5.73 Å². The molecule has 1 aliphatic carbocycles. The van der Waals surface area contributed by atoms with Crippen LogP contribution in [0.3, 0.4) is 0 Å². The molecule has 1 aliphatic heterocycles. The predicted octanol–water partition coefficient (Wildman–Crippen LogP) is 0.377. The first-order valence-electron chi connectivity index (χ1n) is 6.96. The second-order valence-corrected chi connectivity index (χ2v) is 5.52. The van der Waals surface area contributed by atoms with Crippen molar-refractivity contribution in [2.75, 3.05) is 13.1 Å². The van der Waals surface area contributed by atoms with Gasteiger partial charge in [-0.05, 0) is 25.7 Å². The number of allylic oxidation sites excluding steroid dienone is 2. The lowest BCUT2D eigenvalue weighted by molar-refractivity contribution is -0.151. The van der Waals surface area contributed by atoms with E-state index in [2.05, 4.69) is 0 Å². The first-order chi connectivity index (χ1) is 9.50. The highest BCUT2D eigenvalue weighted by Gasteiger charge is 2.38. The molecular formula is C14H20N2O4. The van der Waals surface area contributed by atoms with E-state index in [0.717, 1.165) is 6.42 Å². The van der Waals surface area contributed by atoms with E-state index in [0.29, 0.717) is 32.4 Å². The number of likely N-dealkylation sites (tertiary alicyclic amines) is 1. The third kappa shape index (κ3) is 3.00. The minimum atomic E-state index is -0.934. The number of aliphatic carboxylic acids is 1. The van der Waals surface area contributed by atoms with E-state index >= 15 is 0 Å². The van der Waals surface area contributed by atoms with Crippen LogP contribution in [-0.4, -0.2) is 40.9 Å². The standard InChI is InChI=1S/C14H20N2O4/c15-12(17)9-4-3-7-16(8-9)13(18)10-5-1-2-6-11(10)14(19)20/h1-2,9-11H,3-8H2,(H2,15,17)(H,19,20). The van der Waals surface area contributed by atoms with Crippen molar-refractivity contribution >= 4 is 17.8 Å². The molecule has 0 radical (unpaired) electrons. The molecule has 1 heterocycles. The molecule has 3 N–H and O–H groups in total. The van der Waals surface area contributed by atoms with Gasteiger partial charge in [0.2, 0.25) is 11.8 Å². The number of carbonyl (C=O) groups is 3. The van der Waals surface area contributed by atoms with Gasteiger partial charge in [0.1, 0.15) is 0 Å². The maximum atomic E-state index is 12.5. The van der Waals surface area contributed by atoms with Crippen LogP contribution in [-0.2, 0) is 14.4 Å². The first-order valence-corrected chi connectivity index (χ1v) is 6.96. The molecule has 0 spiro atoms. The van der Waals surface area contributed by atoms with Gasteiger partial charge in [-0.3, -0.25) is 14.4 Å². The Kier molecular flexibility index (Phi) is 4.42. The topological polar surface area (TPSA) is 101 Å². The summed E-state index contributed by atoms with van der Waals surface area (Å²) in [5.41, 5.74) is 5.30. The van der Waals surface area contributed by atoms with Crippen molar-refractivity contribution in [3.8, 4) is 0 Å². The number of carbonyl (C=O) groups excluding carboxylic acids is 2. The fourth-order valence-electron chi connectivity index (χ4n) is 3.00. The largest absolute Gasteiger partial charge is 0.481 e. The number of amides is 2. The number of nitrogens with two attached hydrogens (primary N) is 1. The third-order valence-corrected chi connectivity index (χ3v) is 4.20. The maximum absolute atomic E-state index is 12.5. The minimum absolute atomic E-state index is 0.160. The fraction of sp³-hybridized carbons (Fsp3) is 0.643. The predicted molar refractivity (Wildman–Crippen MR) is 71.5 cm³/mol. The molecule has 2 rings (SSSR count). The summed E-state index contributed by atoms with van der Waals surface area (Å²) in [5, 5.41) is 9.22. The lowest BCUT2D eigenvalue weighted by Gasteiger charge is -2.35. The van der Waals surface area contributed by atoms with Crippen LogP contribution in [0.15, 0.2) is 12.2 Å². The van der Waals surface area contributed by atoms with Crippen LogP contribution in [0.5, 0.6) is 0 Å². The quantitative estimate of drug-likeness (QED) is 0.730. The number of carboxylic acid groups (broad SMARTS) is 1. The second-order valence-electron chi connectivity index (χ2n) is 5.52. The van der Waals surface area contributed by atoms with Crippen LogP contribution in [0.1, 0.15) is 25.7 Å². The Morgan fingerprint density at radius 2 is 1.80 bits per heavy atom. The fourth-order valence-corrected chi connectivity index (χ4v) is 3.00. The average molecular weight is 280 g/mol. The highest BCUT2D eigenvalue weighted by Crippen LogP contribution is 2.29. The van der Waals surface area contributed by atoms with Gasteiger partial charge < -0.3 is 15.7 Å². The zero-order valence-corrected chi connectivity index (χ0v) is 11.3. The Morgan fingerprint density at radius 1 is 1.15 bits per heavy atom. The number of hydrogen-bond acceptors (Lipinski definition) is 3. The molecule has 3 atom stereocenters. The molecule has 20 heavy (non-hydrogen) atoms. The molecule has 0 bridgehead atoms. The van der Waals surface area contributed by atoms with Crippen LogP contribution in [0, 0.1) is 17.8 Å². The minimum Gasteiger partial charge on any atom is -0.481 e. The number of carboxylic acids is 1. The van der Waals surface area contributed by atoms with Crippen molar-refractivity contribution in [3.05, 3.63) is 12.2 Å². The zero-order valence-electron chi connectivity index (χ0n) is 11.3. The Hall–Kier alpha value is -1.85. The summed E-state index contributed by atoms with van der Waals surface area (Å²) in [6.45, 7) is 0.899. The van der Waals surface area contributed by atoms with E-state index < -0.39 is 17.8 Å². The number of nitrogens with zero attached hydrogens (tertiary/aromatic N) is 1. The van der Waals surface area contributed by atoms with Crippen LogP contribution in [0.4, 0.5) is 0 Å². The van der Waals surface area contributed by atoms with Crippen molar-refractivity contribution in [1.82, 2.24) is 4.90 Å². The van der Waals surface area contributed by atoms with E-state index in [1.54, 1.807) is 4.90 Å². The van der Waals surface area contributed by atoms with Crippen molar-refractivity contribution in [2.24, 2.45) is 23.5 Å². The zero-order chi connectivity index (χ0) is 14.7. The molecule has 1 saturated heterocycles. The van der Waals surface area contributed by atoms with Gasteiger partial charge in [-0.15, -0.1) is 0 Å². The van der Waals surface area contributed by atoms with Gasteiger partial charge in [-0.1, -0.05) is 12.2 Å². The molecule has 6 heteroatoms. The van der Waals surface area contributed by atoms with Crippen molar-refractivity contribution < 1.29 is 19.5 Å². The molecule has 0 saturated carbocycles. The lowest BCUT2D eigenvalue weighted by Crippen LogP contribution is -2.48. The first kappa shape index (κ1) is 14.6. The molecule has 0 aromatic rings. The summed E-state index contributed by atoms with van der Waals surface area (Å²) in [7, 11) is 0. The smallest absolute Gasteiger partial charge is 0.307 e. The SMILES string of the molecule is NC(=O)C1CCCN(C(=O)C2CC=CCC2C(=O)O)C1. The summed E-state index contributed by atoms with van der Waals surface area (Å²) < 4.78 is 0. The van der Waals surface area contributed by atoms with Gasteiger partial charge in [0.25, 0.3) is 0 Å². The second kappa shape index (κ2) is 6.07. The molecule has 0 aromatic carbocycles. The van der Waals surface area contributed by atoms with Gasteiger partial charge in [0, 0.05) is 13.1 Å². The van der Waals surface area contributed by atoms with Gasteiger partial charge in [0.15, 0.2) is 0 Å². The highest BCUT2D eigenvalue weighted by molar-refractivity contribution is 5.86. The molecule has 2 aliphatic rings. The summed E-state index contributed by atoms with van der Waals surface area (Å²) in [5.74, 6) is -2.98. The Morgan fingerprint density at radius 3 is 2.40 bits per heavy atom. The number of piperidine rings is 1. The summed E-state index contributed by atoms with van der Waals surface area (Å²) in [4.78, 5) is 36.6. The average Bonchev–Trinajstić information content (AvgIpc) is 2.46. The van der Waals surface area contributed by atoms with Crippen LogP contribution >= 0.6 is 0 Å². The maximum Gasteiger partial charge on any atom is 0.307 e. The van der Waals surface area contributed by atoms with E-state index in [-0.39, 0.29) is 17.7 Å². The van der Waals surface area contributed by atoms with Crippen molar-refractivity contribution in [2.45, 2.75) is 25.7 Å². The third-order valence-electron chi connectivity index (χ3n) is 4.20. The summed E-state index contributed by atoms with van der Waals surface area (Å²) in [6, 6.07) is 0. The molecule has 1 fully saturated rings. The van der Waals surface area contributed by atoms with E-state index in [9.17, 15) is 19.5 Å². The van der Waals surface area contributed by atoms with Gasteiger partial charge in [-0.2, -0.15) is 0 Å². The number of rotatable bonds is 3. The normalized spacial score (nSPS) is 30.0. The van der Waals surface area contributed by atoms with E-state index in [1.165, 1.54) is 0 Å². The number of hydrogen-bond donors (Lipinski definition) is 2. The monoisotopic (exact) mass is 280 g/mol. The Balaban J connectivity index is 2.07. The molecular weight excluding hydrogens is 260 g/mol. The van der Waals surface area contributed by atoms with Gasteiger partial charge in [0.05, 0.1) is 17.8 Å². The summed E-state index contributed by atoms with van der Waals surface area (Å²) in [6.07, 6.45) is 5.94. The molecule has 0 aromatic heterocycles. The molecule has 3 unspecified atom stereocenters. The van der Waals surface area contributed by atoms with Gasteiger partial charge >= 0.3 is 5.97 Å². The van der Waals surface area contributed by atoms with Gasteiger partial charge in [-0.25, -0.2) is 0 Å². The van der Waals surface area contributed by atoms with Crippen LogP contribution in [0.25, 0.3) is 0 Å². The van der Waals surface area contributed by atoms with Crippen LogP contribution in [0.2, 0.25) is 0 Å².